The van der Waals surface area contributed by atoms with E-state index in [1.54, 1.807) is 6.20 Å². The minimum absolute atomic E-state index is 0.153. The standard InChI is InChI=1S/C16H26ClN3O/c1-5-6-18-8-13-7-15(19-9-14(13)17)20-10-12(2)21-16(3,4)11-20/h7,9,12,18H,5-6,8,10-11H2,1-4H3. The fourth-order valence-corrected chi connectivity index (χ4v) is 2.97. The maximum Gasteiger partial charge on any atom is 0.129 e. The lowest BCUT2D eigenvalue weighted by Crippen LogP contribution is -2.52. The second kappa shape index (κ2) is 6.95. The molecule has 0 spiro atoms. The van der Waals surface area contributed by atoms with Gasteiger partial charge in [0.2, 0.25) is 0 Å². The van der Waals surface area contributed by atoms with Crippen molar-refractivity contribution >= 4 is 17.4 Å². The van der Waals surface area contributed by atoms with E-state index < -0.39 is 0 Å². The van der Waals surface area contributed by atoms with Gasteiger partial charge in [0, 0.05) is 25.8 Å². The summed E-state index contributed by atoms with van der Waals surface area (Å²) in [6.07, 6.45) is 3.07. The quantitative estimate of drug-likeness (QED) is 0.847. The first-order valence-electron chi connectivity index (χ1n) is 7.69. The number of hydrogen-bond donors (Lipinski definition) is 1. The second-order valence-electron chi connectivity index (χ2n) is 6.38. The first-order chi connectivity index (χ1) is 9.91. The Morgan fingerprint density at radius 1 is 1.52 bits per heavy atom. The molecule has 5 heteroatoms. The van der Waals surface area contributed by atoms with E-state index >= 15 is 0 Å². The maximum atomic E-state index is 6.25. The monoisotopic (exact) mass is 311 g/mol. The van der Waals surface area contributed by atoms with Crippen LogP contribution in [0.1, 0.15) is 39.7 Å². The summed E-state index contributed by atoms with van der Waals surface area (Å²) in [7, 11) is 0. The smallest absolute Gasteiger partial charge is 0.129 e. The third-order valence-corrected chi connectivity index (χ3v) is 3.90. The molecule has 0 aromatic carbocycles. The number of pyridine rings is 1. The summed E-state index contributed by atoms with van der Waals surface area (Å²) < 4.78 is 5.95. The highest BCUT2D eigenvalue weighted by molar-refractivity contribution is 6.31. The van der Waals surface area contributed by atoms with Crippen LogP contribution in [0, 0.1) is 0 Å². The summed E-state index contributed by atoms with van der Waals surface area (Å²) >= 11 is 6.25. The van der Waals surface area contributed by atoms with Crippen molar-refractivity contribution in [2.75, 3.05) is 24.5 Å². The number of nitrogens with one attached hydrogen (secondary N) is 1. The van der Waals surface area contributed by atoms with E-state index in [4.69, 9.17) is 16.3 Å². The zero-order chi connectivity index (χ0) is 15.5. The van der Waals surface area contributed by atoms with Crippen LogP contribution in [0.3, 0.4) is 0 Å². The predicted octanol–water partition coefficient (Wildman–Crippen LogP) is 3.24. The summed E-state index contributed by atoms with van der Waals surface area (Å²) in [6, 6.07) is 2.10. The van der Waals surface area contributed by atoms with Crippen LogP contribution in [0.25, 0.3) is 0 Å². The highest BCUT2D eigenvalue weighted by Crippen LogP contribution is 2.27. The van der Waals surface area contributed by atoms with Gasteiger partial charge in [-0.15, -0.1) is 0 Å². The average molecular weight is 312 g/mol. The number of ether oxygens (including phenoxy) is 1. The molecular weight excluding hydrogens is 286 g/mol. The van der Waals surface area contributed by atoms with Crippen LogP contribution in [0.4, 0.5) is 5.82 Å². The molecule has 1 aromatic heterocycles. The highest BCUT2D eigenvalue weighted by atomic mass is 35.5. The Morgan fingerprint density at radius 3 is 2.95 bits per heavy atom. The van der Waals surface area contributed by atoms with Crippen LogP contribution in [-0.4, -0.2) is 36.3 Å². The lowest BCUT2D eigenvalue weighted by Gasteiger charge is -2.42. The fraction of sp³-hybridized carbons (Fsp3) is 0.688. The van der Waals surface area contributed by atoms with E-state index in [0.29, 0.717) is 0 Å². The normalized spacial score (nSPS) is 21.6. The number of nitrogens with zero attached hydrogens (tertiary/aromatic N) is 2. The zero-order valence-electron chi connectivity index (χ0n) is 13.4. The molecule has 1 saturated heterocycles. The minimum Gasteiger partial charge on any atom is -0.369 e. The molecule has 0 radical (unpaired) electrons. The Hall–Kier alpha value is -0.840. The molecule has 0 amide bonds. The molecule has 1 atom stereocenters. The molecule has 0 saturated carbocycles. The van der Waals surface area contributed by atoms with E-state index in [0.717, 1.165) is 49.0 Å². The van der Waals surface area contributed by atoms with Gasteiger partial charge in [0.1, 0.15) is 5.82 Å². The highest BCUT2D eigenvalue weighted by Gasteiger charge is 2.32. The van der Waals surface area contributed by atoms with Crippen LogP contribution in [0.15, 0.2) is 12.3 Å². The molecule has 1 unspecified atom stereocenters. The van der Waals surface area contributed by atoms with E-state index in [1.807, 2.05) is 0 Å². The number of aromatic nitrogens is 1. The molecule has 0 bridgehead atoms. The zero-order valence-corrected chi connectivity index (χ0v) is 14.2. The molecule has 1 aromatic rings. The van der Waals surface area contributed by atoms with Crippen molar-refractivity contribution in [2.24, 2.45) is 0 Å². The Morgan fingerprint density at radius 2 is 2.29 bits per heavy atom. The molecule has 4 nitrogen and oxygen atoms in total. The van der Waals surface area contributed by atoms with Gasteiger partial charge in [-0.05, 0) is 45.4 Å². The van der Waals surface area contributed by atoms with Gasteiger partial charge in [0.15, 0.2) is 0 Å². The second-order valence-corrected chi connectivity index (χ2v) is 6.79. The number of anilines is 1. The number of halogens is 1. The molecular formula is C16H26ClN3O. The van der Waals surface area contributed by atoms with Gasteiger partial charge in [-0.2, -0.15) is 0 Å². The van der Waals surface area contributed by atoms with Crippen molar-refractivity contribution in [1.29, 1.82) is 0 Å². The van der Waals surface area contributed by atoms with Gasteiger partial charge in [-0.25, -0.2) is 4.98 Å². The summed E-state index contributed by atoms with van der Waals surface area (Å²) in [5.74, 6) is 0.982. The summed E-state index contributed by atoms with van der Waals surface area (Å²) in [5, 5.41) is 4.12. The van der Waals surface area contributed by atoms with Crippen LogP contribution in [0.5, 0.6) is 0 Å². The number of hydrogen-bond acceptors (Lipinski definition) is 4. The third-order valence-electron chi connectivity index (χ3n) is 3.56. The lowest BCUT2D eigenvalue weighted by molar-refractivity contribution is -0.0751. The van der Waals surface area contributed by atoms with Gasteiger partial charge >= 0.3 is 0 Å². The summed E-state index contributed by atoms with van der Waals surface area (Å²) in [6.45, 7) is 12.0. The van der Waals surface area contributed by atoms with E-state index in [2.05, 4.69) is 49.0 Å². The molecule has 1 aliphatic heterocycles. The molecule has 118 valence electrons. The molecule has 2 heterocycles. The van der Waals surface area contributed by atoms with Crippen LogP contribution < -0.4 is 10.2 Å². The third kappa shape index (κ3) is 4.56. The van der Waals surface area contributed by atoms with Crippen molar-refractivity contribution in [3.05, 3.63) is 22.8 Å². The van der Waals surface area contributed by atoms with Crippen molar-refractivity contribution in [1.82, 2.24) is 10.3 Å². The van der Waals surface area contributed by atoms with Crippen LogP contribution in [-0.2, 0) is 11.3 Å². The van der Waals surface area contributed by atoms with Crippen molar-refractivity contribution in [3.63, 3.8) is 0 Å². The van der Waals surface area contributed by atoms with Gasteiger partial charge in [0.25, 0.3) is 0 Å². The van der Waals surface area contributed by atoms with Crippen LogP contribution >= 0.6 is 11.6 Å². The molecule has 1 N–H and O–H groups in total. The number of rotatable bonds is 5. The Bertz CT molecular complexity index is 479. The van der Waals surface area contributed by atoms with Crippen LogP contribution in [0.2, 0.25) is 5.02 Å². The summed E-state index contributed by atoms with van der Waals surface area (Å²) in [4.78, 5) is 6.79. The lowest BCUT2D eigenvalue weighted by atomic mass is 10.1. The first kappa shape index (κ1) is 16.5. The number of morpholine rings is 1. The van der Waals surface area contributed by atoms with Gasteiger partial charge in [0.05, 0.1) is 16.7 Å². The molecule has 2 rings (SSSR count). The van der Waals surface area contributed by atoms with Gasteiger partial charge in [-0.1, -0.05) is 18.5 Å². The largest absolute Gasteiger partial charge is 0.369 e. The van der Waals surface area contributed by atoms with E-state index in [1.165, 1.54) is 0 Å². The molecule has 1 aliphatic rings. The SMILES string of the molecule is CCCNCc1cc(N2CC(C)OC(C)(C)C2)ncc1Cl. The maximum absolute atomic E-state index is 6.25. The van der Waals surface area contributed by atoms with Gasteiger partial charge in [-0.3, -0.25) is 0 Å². The van der Waals surface area contributed by atoms with Gasteiger partial charge < -0.3 is 15.0 Å². The predicted molar refractivity (Wildman–Crippen MR) is 88.1 cm³/mol. The van der Waals surface area contributed by atoms with E-state index in [-0.39, 0.29) is 11.7 Å². The molecule has 21 heavy (non-hydrogen) atoms. The molecule has 0 aliphatic carbocycles. The topological polar surface area (TPSA) is 37.4 Å². The molecule has 1 fully saturated rings. The van der Waals surface area contributed by atoms with Crippen molar-refractivity contribution < 1.29 is 4.74 Å². The van der Waals surface area contributed by atoms with Crippen molar-refractivity contribution in [3.8, 4) is 0 Å². The fourth-order valence-electron chi connectivity index (χ4n) is 2.80. The minimum atomic E-state index is -0.153. The Kier molecular flexibility index (Phi) is 5.47. The van der Waals surface area contributed by atoms with E-state index in [9.17, 15) is 0 Å². The Labute approximate surface area is 132 Å². The summed E-state index contributed by atoms with van der Waals surface area (Å²) in [5.41, 5.74) is 0.951. The average Bonchev–Trinajstić information content (AvgIpc) is 2.38. The van der Waals surface area contributed by atoms with Crippen molar-refractivity contribution in [2.45, 2.75) is 52.4 Å². The Balaban J connectivity index is 2.14. The first-order valence-corrected chi connectivity index (χ1v) is 8.07.